The van der Waals surface area contributed by atoms with E-state index in [0.29, 0.717) is 22.0 Å². The van der Waals surface area contributed by atoms with Crippen LogP contribution in [0.3, 0.4) is 0 Å². The van der Waals surface area contributed by atoms with E-state index in [0.717, 1.165) is 42.9 Å². The molecule has 1 aliphatic heterocycles. The number of likely N-dealkylation sites (N-methyl/N-ethyl adjacent to an activating group) is 1. The zero-order valence-corrected chi connectivity index (χ0v) is 21.1. The molecule has 1 aromatic carbocycles. The Morgan fingerprint density at radius 1 is 1.36 bits per heavy atom. The Morgan fingerprint density at radius 3 is 2.91 bits per heavy atom. The van der Waals surface area contributed by atoms with Gasteiger partial charge in [0.25, 0.3) is 5.56 Å². The number of nitrogens with one attached hydrogen (secondary N) is 1. The molecule has 3 aromatic rings. The molecule has 1 N–H and O–H groups in total. The summed E-state index contributed by atoms with van der Waals surface area (Å²) in [4.78, 5) is 35.6. The van der Waals surface area contributed by atoms with E-state index in [2.05, 4.69) is 17.1 Å². The normalized spacial score (nSPS) is 14.8. The first kappa shape index (κ1) is 23.8. The first-order valence-corrected chi connectivity index (χ1v) is 13.1. The fraction of sp³-hybridized carbons (Fsp3) is 0.458. The van der Waals surface area contributed by atoms with Crippen LogP contribution < -0.4 is 15.6 Å². The monoisotopic (exact) mass is 486 g/mol. The van der Waals surface area contributed by atoms with Crippen LogP contribution in [0.4, 0.5) is 0 Å². The predicted octanol–water partition coefficient (Wildman–Crippen LogP) is 3.84. The summed E-state index contributed by atoms with van der Waals surface area (Å²) in [6.07, 6.45) is 1.71. The van der Waals surface area contributed by atoms with Crippen LogP contribution in [0, 0.1) is 0 Å². The third-order valence-electron chi connectivity index (χ3n) is 6.03. The number of rotatable bonds is 8. The molecule has 0 aliphatic carbocycles. The Kier molecular flexibility index (Phi) is 7.41. The summed E-state index contributed by atoms with van der Waals surface area (Å²) in [6, 6.07) is 7.52. The van der Waals surface area contributed by atoms with Crippen LogP contribution in [0.1, 0.15) is 37.6 Å². The van der Waals surface area contributed by atoms with Gasteiger partial charge in [0.1, 0.15) is 10.6 Å². The van der Waals surface area contributed by atoms with Crippen molar-refractivity contribution in [2.24, 2.45) is 0 Å². The van der Waals surface area contributed by atoms with Crippen molar-refractivity contribution in [3.8, 4) is 11.4 Å². The van der Waals surface area contributed by atoms with Gasteiger partial charge in [-0.2, -0.15) is 0 Å². The molecule has 0 saturated heterocycles. The lowest BCUT2D eigenvalue weighted by Crippen LogP contribution is -2.33. The summed E-state index contributed by atoms with van der Waals surface area (Å²) in [5, 5.41) is 4.21. The average Bonchev–Trinajstić information content (AvgIpc) is 3.20. The highest BCUT2D eigenvalue weighted by Gasteiger charge is 2.25. The van der Waals surface area contributed by atoms with Crippen LogP contribution in [0.5, 0.6) is 5.75 Å². The summed E-state index contributed by atoms with van der Waals surface area (Å²) in [5.41, 5.74) is 1.73. The van der Waals surface area contributed by atoms with Crippen molar-refractivity contribution in [2.75, 3.05) is 26.0 Å². The second-order valence-corrected chi connectivity index (χ2v) is 10.2. The summed E-state index contributed by atoms with van der Waals surface area (Å²) >= 11 is 2.89. The maximum Gasteiger partial charge on any atom is 0.267 e. The molecule has 1 aliphatic rings. The zero-order valence-electron chi connectivity index (χ0n) is 19.5. The number of ether oxygens (including phenoxy) is 1. The molecule has 4 rings (SSSR count). The Hall–Kier alpha value is -2.36. The molecule has 1 unspecified atom stereocenters. The van der Waals surface area contributed by atoms with E-state index < -0.39 is 0 Å². The molecule has 7 nitrogen and oxygen atoms in total. The SMILES string of the molecule is CCC(C)NC(=O)CSc1nc2sc3c(c2c(=O)n1-c1cccc(OC)c1)CCN(CC)C3. The van der Waals surface area contributed by atoms with Crippen molar-refractivity contribution >= 4 is 39.2 Å². The van der Waals surface area contributed by atoms with Crippen LogP contribution in [0.25, 0.3) is 15.9 Å². The van der Waals surface area contributed by atoms with Gasteiger partial charge < -0.3 is 10.1 Å². The second-order valence-electron chi connectivity index (χ2n) is 8.20. The van der Waals surface area contributed by atoms with Gasteiger partial charge in [0.05, 0.1) is 23.9 Å². The first-order chi connectivity index (χ1) is 15.9. The van der Waals surface area contributed by atoms with E-state index >= 15 is 0 Å². The van der Waals surface area contributed by atoms with Crippen LogP contribution >= 0.6 is 23.1 Å². The fourth-order valence-corrected chi connectivity index (χ4v) is 6.10. The van der Waals surface area contributed by atoms with Crippen molar-refractivity contribution < 1.29 is 9.53 Å². The van der Waals surface area contributed by atoms with Gasteiger partial charge in [0, 0.05) is 30.1 Å². The van der Waals surface area contributed by atoms with Gasteiger partial charge in [-0.15, -0.1) is 11.3 Å². The quantitative estimate of drug-likeness (QED) is 0.385. The maximum absolute atomic E-state index is 13.9. The van der Waals surface area contributed by atoms with Crippen molar-refractivity contribution in [3.63, 3.8) is 0 Å². The van der Waals surface area contributed by atoms with Gasteiger partial charge >= 0.3 is 0 Å². The number of thiophene rings is 1. The van der Waals surface area contributed by atoms with Gasteiger partial charge in [0.15, 0.2) is 5.16 Å². The molecule has 0 spiro atoms. The molecule has 9 heteroatoms. The number of methoxy groups -OCH3 is 1. The smallest absolute Gasteiger partial charge is 0.267 e. The van der Waals surface area contributed by atoms with Crippen molar-refractivity contribution in [1.29, 1.82) is 0 Å². The Balaban J connectivity index is 1.80. The second kappa shape index (κ2) is 10.3. The molecule has 0 fully saturated rings. The lowest BCUT2D eigenvalue weighted by Gasteiger charge is -2.25. The van der Waals surface area contributed by atoms with E-state index in [4.69, 9.17) is 9.72 Å². The topological polar surface area (TPSA) is 76.5 Å². The Morgan fingerprint density at radius 2 is 2.18 bits per heavy atom. The third-order valence-corrected chi connectivity index (χ3v) is 8.08. The summed E-state index contributed by atoms with van der Waals surface area (Å²) in [7, 11) is 1.60. The first-order valence-electron chi connectivity index (χ1n) is 11.3. The summed E-state index contributed by atoms with van der Waals surface area (Å²) in [6.45, 7) is 8.96. The standard InChI is InChI=1S/C24H30N4O3S2/c1-5-15(3)25-20(29)14-32-24-26-22-21(18-10-11-27(6-2)13-19(18)33-22)23(30)28(24)16-8-7-9-17(12-16)31-4/h7-9,12,15H,5-6,10-11,13-14H2,1-4H3,(H,25,29). The molecule has 176 valence electrons. The molecule has 3 heterocycles. The summed E-state index contributed by atoms with van der Waals surface area (Å²) < 4.78 is 7.02. The zero-order chi connectivity index (χ0) is 23.5. The van der Waals surface area contributed by atoms with Crippen LogP contribution in [0.2, 0.25) is 0 Å². The molecule has 1 amide bonds. The number of hydrogen-bond acceptors (Lipinski definition) is 7. The lowest BCUT2D eigenvalue weighted by molar-refractivity contribution is -0.119. The van der Waals surface area contributed by atoms with E-state index in [1.165, 1.54) is 16.6 Å². The van der Waals surface area contributed by atoms with Gasteiger partial charge in [-0.25, -0.2) is 4.98 Å². The van der Waals surface area contributed by atoms with Crippen LogP contribution in [-0.4, -0.2) is 52.4 Å². The lowest BCUT2D eigenvalue weighted by atomic mass is 10.1. The molecule has 0 radical (unpaired) electrons. The minimum Gasteiger partial charge on any atom is -0.497 e. The number of carbonyl (C=O) groups excluding carboxylic acids is 1. The molecule has 0 saturated carbocycles. The van der Waals surface area contributed by atoms with Crippen molar-refractivity contribution in [3.05, 3.63) is 45.1 Å². The van der Waals surface area contributed by atoms with Gasteiger partial charge in [0.2, 0.25) is 5.91 Å². The minimum atomic E-state index is -0.0828. The highest BCUT2D eigenvalue weighted by molar-refractivity contribution is 7.99. The number of amides is 1. The molecular weight excluding hydrogens is 456 g/mol. The fourth-order valence-electron chi connectivity index (χ4n) is 3.97. The van der Waals surface area contributed by atoms with Crippen LogP contribution in [0.15, 0.2) is 34.2 Å². The van der Waals surface area contributed by atoms with E-state index in [9.17, 15) is 9.59 Å². The van der Waals surface area contributed by atoms with Gasteiger partial charge in [-0.05, 0) is 44.0 Å². The number of nitrogens with zero attached hydrogens (tertiary/aromatic N) is 3. The van der Waals surface area contributed by atoms with E-state index in [1.54, 1.807) is 23.0 Å². The summed E-state index contributed by atoms with van der Waals surface area (Å²) in [5.74, 6) is 0.793. The number of thioether (sulfide) groups is 1. The van der Waals surface area contributed by atoms with E-state index in [-0.39, 0.29) is 23.3 Å². The van der Waals surface area contributed by atoms with Crippen LogP contribution in [-0.2, 0) is 17.8 Å². The number of benzene rings is 1. The molecule has 33 heavy (non-hydrogen) atoms. The average molecular weight is 487 g/mol. The largest absolute Gasteiger partial charge is 0.497 e. The highest BCUT2D eigenvalue weighted by Crippen LogP contribution is 2.34. The molecule has 0 bridgehead atoms. The van der Waals surface area contributed by atoms with Crippen molar-refractivity contribution in [1.82, 2.24) is 19.8 Å². The predicted molar refractivity (Wildman–Crippen MR) is 135 cm³/mol. The number of hydrogen-bond donors (Lipinski definition) is 1. The maximum atomic E-state index is 13.9. The Bertz CT molecular complexity index is 1220. The highest BCUT2D eigenvalue weighted by atomic mass is 32.2. The number of carbonyl (C=O) groups is 1. The van der Waals surface area contributed by atoms with Crippen molar-refractivity contribution in [2.45, 2.75) is 51.4 Å². The molecule has 1 atom stereocenters. The van der Waals surface area contributed by atoms with Gasteiger partial charge in [-0.1, -0.05) is 31.7 Å². The third kappa shape index (κ3) is 4.95. The van der Waals surface area contributed by atoms with Gasteiger partial charge in [-0.3, -0.25) is 19.1 Å². The molecular formula is C24H30N4O3S2. The number of aromatic nitrogens is 2. The van der Waals surface area contributed by atoms with E-state index in [1.807, 2.05) is 38.1 Å². The molecule has 2 aromatic heterocycles. The number of fused-ring (bicyclic) bond motifs is 3. The minimum absolute atomic E-state index is 0.0649. The Labute approximate surface area is 202 Å².